The number of hydrogen-bond donors (Lipinski definition) is 0. The van der Waals surface area contributed by atoms with Crippen LogP contribution in [0.1, 0.15) is 265 Å². The summed E-state index contributed by atoms with van der Waals surface area (Å²) < 4.78 is 16.8. The van der Waals surface area contributed by atoms with Crippen LogP contribution in [-0.4, -0.2) is 37.2 Å². The predicted octanol–water partition coefficient (Wildman–Crippen LogP) is 22.7. The maximum atomic E-state index is 12.9. The topological polar surface area (TPSA) is 78.9 Å². The molecule has 0 aromatic heterocycles. The molecule has 0 spiro atoms. The van der Waals surface area contributed by atoms with Crippen molar-refractivity contribution in [2.45, 2.75) is 271 Å². The van der Waals surface area contributed by atoms with Crippen molar-refractivity contribution in [1.29, 1.82) is 0 Å². The monoisotopic (exact) mass is 1110 g/mol. The van der Waals surface area contributed by atoms with Gasteiger partial charge in [0.25, 0.3) is 0 Å². The zero-order valence-electron chi connectivity index (χ0n) is 52.0. The van der Waals surface area contributed by atoms with E-state index in [2.05, 4.69) is 179 Å². The van der Waals surface area contributed by atoms with Gasteiger partial charge in [-0.15, -0.1) is 0 Å². The molecule has 81 heavy (non-hydrogen) atoms. The number of unbranched alkanes of at least 4 members (excludes halogenated alkanes) is 18. The van der Waals surface area contributed by atoms with E-state index in [4.69, 9.17) is 14.2 Å². The van der Waals surface area contributed by atoms with Crippen LogP contribution in [-0.2, 0) is 28.6 Å². The van der Waals surface area contributed by atoms with Crippen molar-refractivity contribution in [3.63, 3.8) is 0 Å². The molecular formula is C75H118O6. The van der Waals surface area contributed by atoms with E-state index in [0.29, 0.717) is 19.3 Å². The summed E-state index contributed by atoms with van der Waals surface area (Å²) >= 11 is 0. The van der Waals surface area contributed by atoms with Crippen molar-refractivity contribution in [2.24, 2.45) is 0 Å². The first kappa shape index (κ1) is 75.8. The summed E-state index contributed by atoms with van der Waals surface area (Å²) in [6, 6.07) is 0. The lowest BCUT2D eigenvalue weighted by molar-refractivity contribution is -0.166. The normalized spacial score (nSPS) is 13.3. The Morgan fingerprint density at radius 3 is 0.815 bits per heavy atom. The Labute approximate surface area is 498 Å². The molecule has 0 N–H and O–H groups in total. The number of rotatable bonds is 57. The van der Waals surface area contributed by atoms with Crippen LogP contribution in [0, 0.1) is 0 Å². The van der Waals surface area contributed by atoms with Crippen LogP contribution >= 0.6 is 0 Å². The van der Waals surface area contributed by atoms with Gasteiger partial charge in [-0.1, -0.05) is 281 Å². The average Bonchev–Trinajstić information content (AvgIpc) is 3.47. The molecule has 0 fully saturated rings. The number of ether oxygens (including phenoxy) is 3. The van der Waals surface area contributed by atoms with E-state index in [9.17, 15) is 14.4 Å². The molecule has 0 saturated carbocycles. The Balaban J connectivity index is 4.32. The van der Waals surface area contributed by atoms with E-state index in [1.807, 2.05) is 12.2 Å². The lowest BCUT2D eigenvalue weighted by Crippen LogP contribution is -2.30. The van der Waals surface area contributed by atoms with E-state index >= 15 is 0 Å². The molecule has 0 rings (SSSR count). The maximum absolute atomic E-state index is 12.9. The third-order valence-electron chi connectivity index (χ3n) is 13.2. The van der Waals surface area contributed by atoms with Crippen molar-refractivity contribution >= 4 is 17.9 Å². The Hall–Kier alpha value is -5.23. The molecule has 0 aliphatic rings. The number of allylic oxidation sites excluding steroid dienone is 28. The van der Waals surface area contributed by atoms with E-state index in [-0.39, 0.29) is 31.6 Å². The minimum Gasteiger partial charge on any atom is -0.462 e. The SMILES string of the molecule is CC/C=C\C/C=C\C/C=C\C/C=C\C/C=C\C/C=C\C/C=C\CCCCCCCCCCCCCC(=O)OCC(COC(=O)CCCCCCC/C=C\CCCC)OC(=O)CC/C=C\C/C=C\C/C=C\C/C=C\C/C=C\C/C=C\CC. The van der Waals surface area contributed by atoms with E-state index in [0.717, 1.165) is 135 Å². The van der Waals surface area contributed by atoms with Crippen LogP contribution in [0.4, 0.5) is 0 Å². The van der Waals surface area contributed by atoms with Gasteiger partial charge in [-0.25, -0.2) is 0 Å². The zero-order valence-corrected chi connectivity index (χ0v) is 52.0. The maximum Gasteiger partial charge on any atom is 0.306 e. The Morgan fingerprint density at radius 1 is 0.259 bits per heavy atom. The Bertz CT molecular complexity index is 1860. The fraction of sp³-hybridized carbons (Fsp3) is 0.587. The summed E-state index contributed by atoms with van der Waals surface area (Å²) in [5.41, 5.74) is 0. The highest BCUT2D eigenvalue weighted by Crippen LogP contribution is 2.15. The lowest BCUT2D eigenvalue weighted by atomic mass is 10.0. The van der Waals surface area contributed by atoms with Crippen LogP contribution < -0.4 is 0 Å². The van der Waals surface area contributed by atoms with Crippen LogP contribution in [0.2, 0.25) is 0 Å². The molecule has 0 aromatic carbocycles. The lowest BCUT2D eigenvalue weighted by Gasteiger charge is -2.18. The zero-order chi connectivity index (χ0) is 58.5. The third-order valence-corrected chi connectivity index (χ3v) is 13.2. The molecule has 1 atom stereocenters. The highest BCUT2D eigenvalue weighted by molar-refractivity contribution is 5.71. The minimum atomic E-state index is -0.831. The van der Waals surface area contributed by atoms with E-state index < -0.39 is 12.1 Å². The second kappa shape index (κ2) is 67.3. The van der Waals surface area contributed by atoms with Gasteiger partial charge >= 0.3 is 17.9 Å². The third kappa shape index (κ3) is 65.5. The van der Waals surface area contributed by atoms with E-state index in [1.54, 1.807) is 0 Å². The second-order valence-electron chi connectivity index (χ2n) is 20.9. The quantitative estimate of drug-likeness (QED) is 0.0261. The van der Waals surface area contributed by atoms with Crippen LogP contribution in [0.25, 0.3) is 0 Å². The number of esters is 3. The van der Waals surface area contributed by atoms with Crippen LogP contribution in [0.15, 0.2) is 170 Å². The molecule has 0 aromatic rings. The van der Waals surface area contributed by atoms with Gasteiger partial charge in [-0.2, -0.15) is 0 Å². The van der Waals surface area contributed by atoms with Gasteiger partial charge in [0.2, 0.25) is 0 Å². The molecule has 6 heteroatoms. The molecule has 1 unspecified atom stereocenters. The highest BCUT2D eigenvalue weighted by atomic mass is 16.6. The minimum absolute atomic E-state index is 0.119. The van der Waals surface area contributed by atoms with Crippen molar-refractivity contribution < 1.29 is 28.6 Å². The Kier molecular flexibility index (Phi) is 62.9. The summed E-state index contributed by atoms with van der Waals surface area (Å²) in [5.74, 6) is -1.02. The molecule has 454 valence electrons. The summed E-state index contributed by atoms with van der Waals surface area (Å²) in [5, 5.41) is 0. The highest BCUT2D eigenvalue weighted by Gasteiger charge is 2.19. The summed E-state index contributed by atoms with van der Waals surface area (Å²) in [6.45, 7) is 6.29. The summed E-state index contributed by atoms with van der Waals surface area (Å²) in [4.78, 5) is 38.2. The van der Waals surface area contributed by atoms with Gasteiger partial charge in [-0.3, -0.25) is 14.4 Å². The molecular weight excluding hydrogens is 997 g/mol. The van der Waals surface area contributed by atoms with Gasteiger partial charge in [0.1, 0.15) is 13.2 Å². The Morgan fingerprint density at radius 2 is 0.506 bits per heavy atom. The largest absolute Gasteiger partial charge is 0.462 e. The van der Waals surface area contributed by atoms with Crippen LogP contribution in [0.3, 0.4) is 0 Å². The molecule has 0 aliphatic carbocycles. The summed E-state index contributed by atoms with van der Waals surface area (Å²) in [7, 11) is 0. The second-order valence-corrected chi connectivity index (χ2v) is 20.9. The molecule has 0 heterocycles. The smallest absolute Gasteiger partial charge is 0.306 e. The first-order chi connectivity index (χ1) is 40.0. The molecule has 0 saturated heterocycles. The molecule has 0 aliphatic heterocycles. The number of hydrogen-bond acceptors (Lipinski definition) is 6. The summed E-state index contributed by atoms with van der Waals surface area (Å²) in [6.07, 6.45) is 99.5. The van der Waals surface area contributed by atoms with Crippen LogP contribution in [0.5, 0.6) is 0 Å². The first-order valence-electron chi connectivity index (χ1n) is 32.6. The molecule has 0 bridgehead atoms. The van der Waals surface area contributed by atoms with E-state index in [1.165, 1.54) is 83.5 Å². The number of carbonyl (C=O) groups is 3. The first-order valence-corrected chi connectivity index (χ1v) is 32.6. The van der Waals surface area contributed by atoms with Crippen molar-refractivity contribution in [1.82, 2.24) is 0 Å². The van der Waals surface area contributed by atoms with Crippen molar-refractivity contribution in [3.05, 3.63) is 170 Å². The van der Waals surface area contributed by atoms with Gasteiger partial charge < -0.3 is 14.2 Å². The molecule has 6 nitrogen and oxygen atoms in total. The van der Waals surface area contributed by atoms with Crippen molar-refractivity contribution in [2.75, 3.05) is 13.2 Å². The fourth-order valence-corrected chi connectivity index (χ4v) is 8.37. The van der Waals surface area contributed by atoms with Gasteiger partial charge in [0, 0.05) is 19.3 Å². The average molecular weight is 1120 g/mol. The van der Waals surface area contributed by atoms with Gasteiger partial charge in [-0.05, 0) is 135 Å². The van der Waals surface area contributed by atoms with Crippen molar-refractivity contribution in [3.8, 4) is 0 Å². The van der Waals surface area contributed by atoms with Gasteiger partial charge in [0.15, 0.2) is 6.10 Å². The van der Waals surface area contributed by atoms with Gasteiger partial charge in [0.05, 0.1) is 0 Å². The molecule has 0 radical (unpaired) electrons. The molecule has 0 amide bonds. The standard InChI is InChI=1S/C75H118O6/c1-4-7-10-13-16-19-22-24-26-28-30-31-32-33-34-35-36-37-38-39-40-41-42-43-45-46-48-50-53-56-59-62-65-68-74(77)80-71-72(70-79-73(76)67-64-61-58-55-52-21-18-15-12-9-6-3)81-75(78)69-66-63-60-57-54-51-49-47-44-29-27-25-23-20-17-14-11-8-5-2/h7-8,10-11,15-20,24-27,30-31,33-34,36-37,39-40,44,47,51,54,60,63,72H,4-6,9,12-14,21-23,28-29,32,35,38,41-43,45-46,48-50,52-53,55-59,61-62,64-71H2,1-3H3/b10-7-,11-8-,18-15-,19-16-,20-17-,26-24-,27-25-,31-30-,34-33-,37-36-,40-39-,47-44-,54-51-,63-60-. The fourth-order valence-electron chi connectivity index (χ4n) is 8.37. The number of carbonyl (C=O) groups excluding carboxylic acids is 3. The predicted molar refractivity (Wildman–Crippen MR) is 352 cm³/mol.